The molecule has 3 atom stereocenters. The molecule has 2 rings (SSSR count). The van der Waals surface area contributed by atoms with Crippen molar-refractivity contribution in [3.05, 3.63) is 28.8 Å². The molecule has 0 bridgehead atoms. The van der Waals surface area contributed by atoms with E-state index >= 15 is 0 Å². The molecular weight excluding hydrogens is 262 g/mol. The van der Waals surface area contributed by atoms with Crippen LogP contribution in [0.25, 0.3) is 0 Å². The van der Waals surface area contributed by atoms with Gasteiger partial charge in [0, 0.05) is 5.69 Å². The summed E-state index contributed by atoms with van der Waals surface area (Å²) >= 11 is 6.01. The Morgan fingerprint density at radius 3 is 2.68 bits per heavy atom. The molecule has 0 aromatic heterocycles. The number of rotatable bonds is 2. The molecule has 3 nitrogen and oxygen atoms in total. The van der Waals surface area contributed by atoms with Gasteiger partial charge in [-0.25, -0.2) is 4.79 Å². The lowest BCUT2D eigenvalue weighted by atomic mass is 9.80. The number of nitrogen functional groups attached to an aromatic ring is 1. The molecule has 0 spiro atoms. The highest BCUT2D eigenvalue weighted by molar-refractivity contribution is 6.33. The van der Waals surface area contributed by atoms with Crippen LogP contribution in [-0.2, 0) is 4.74 Å². The Hall–Kier alpha value is -1.22. The Kier molecular flexibility index (Phi) is 4.35. The van der Waals surface area contributed by atoms with Crippen LogP contribution in [0.1, 0.15) is 43.5 Å². The van der Waals surface area contributed by atoms with Gasteiger partial charge in [0.25, 0.3) is 0 Å². The zero-order valence-corrected chi connectivity index (χ0v) is 12.1. The minimum atomic E-state index is -0.350. The number of halogens is 1. The van der Waals surface area contributed by atoms with Crippen molar-refractivity contribution in [3.8, 4) is 0 Å². The fraction of sp³-hybridized carbons (Fsp3) is 0.533. The van der Waals surface area contributed by atoms with E-state index in [2.05, 4.69) is 13.8 Å². The zero-order chi connectivity index (χ0) is 14.0. The van der Waals surface area contributed by atoms with Gasteiger partial charge >= 0.3 is 5.97 Å². The summed E-state index contributed by atoms with van der Waals surface area (Å²) in [5.41, 5.74) is 6.54. The highest BCUT2D eigenvalue weighted by Gasteiger charge is 2.27. The van der Waals surface area contributed by atoms with E-state index in [1.807, 2.05) is 0 Å². The van der Waals surface area contributed by atoms with E-state index in [9.17, 15) is 4.79 Å². The van der Waals surface area contributed by atoms with Crippen molar-refractivity contribution in [1.29, 1.82) is 0 Å². The molecule has 3 unspecified atom stereocenters. The average molecular weight is 282 g/mol. The third-order valence-electron chi connectivity index (χ3n) is 4.04. The third kappa shape index (κ3) is 3.41. The molecule has 0 radical (unpaired) electrons. The van der Waals surface area contributed by atoms with Crippen LogP contribution < -0.4 is 5.73 Å². The van der Waals surface area contributed by atoms with Crippen LogP contribution in [0.4, 0.5) is 5.69 Å². The van der Waals surface area contributed by atoms with E-state index in [0.29, 0.717) is 28.1 Å². The van der Waals surface area contributed by atoms with E-state index < -0.39 is 0 Å². The summed E-state index contributed by atoms with van der Waals surface area (Å²) in [7, 11) is 0. The first-order chi connectivity index (χ1) is 8.97. The van der Waals surface area contributed by atoms with Gasteiger partial charge in [-0.3, -0.25) is 0 Å². The Labute approximate surface area is 119 Å². The summed E-state index contributed by atoms with van der Waals surface area (Å²) in [6.07, 6.45) is 2.98. The van der Waals surface area contributed by atoms with Crippen molar-refractivity contribution >= 4 is 23.3 Å². The Morgan fingerprint density at radius 1 is 1.32 bits per heavy atom. The van der Waals surface area contributed by atoms with Crippen LogP contribution in [0.15, 0.2) is 18.2 Å². The number of anilines is 1. The van der Waals surface area contributed by atoms with Gasteiger partial charge in [0.15, 0.2) is 0 Å². The molecule has 1 saturated carbocycles. The van der Waals surface area contributed by atoms with Crippen LogP contribution in [-0.4, -0.2) is 12.1 Å². The topological polar surface area (TPSA) is 52.3 Å². The van der Waals surface area contributed by atoms with E-state index in [4.69, 9.17) is 22.1 Å². The number of esters is 1. The molecule has 1 aliphatic rings. The molecule has 4 heteroatoms. The van der Waals surface area contributed by atoms with E-state index in [1.54, 1.807) is 18.2 Å². The summed E-state index contributed by atoms with van der Waals surface area (Å²) in [6.45, 7) is 4.46. The van der Waals surface area contributed by atoms with Crippen LogP contribution in [0.2, 0.25) is 5.02 Å². The molecule has 1 aliphatic carbocycles. The highest BCUT2D eigenvalue weighted by Crippen LogP contribution is 2.31. The normalized spacial score (nSPS) is 27.0. The third-order valence-corrected chi connectivity index (χ3v) is 4.35. The highest BCUT2D eigenvalue weighted by atomic mass is 35.5. The molecular formula is C15H20ClNO2. The summed E-state index contributed by atoms with van der Waals surface area (Å²) in [6, 6.07) is 4.85. The zero-order valence-electron chi connectivity index (χ0n) is 11.4. The van der Waals surface area contributed by atoms with Gasteiger partial charge in [0.05, 0.1) is 10.6 Å². The Bertz CT molecular complexity index is 475. The first kappa shape index (κ1) is 14.2. The maximum atomic E-state index is 12.1. The van der Waals surface area contributed by atoms with Gasteiger partial charge in [-0.05, 0) is 49.3 Å². The van der Waals surface area contributed by atoms with E-state index in [-0.39, 0.29) is 12.1 Å². The molecule has 0 saturated heterocycles. The minimum Gasteiger partial charge on any atom is -0.459 e. The second kappa shape index (κ2) is 5.83. The fourth-order valence-corrected chi connectivity index (χ4v) is 2.78. The minimum absolute atomic E-state index is 0.00678. The first-order valence-electron chi connectivity index (χ1n) is 6.73. The number of carbonyl (C=O) groups excluding carboxylic acids is 1. The van der Waals surface area contributed by atoms with Crippen LogP contribution in [0, 0.1) is 11.8 Å². The van der Waals surface area contributed by atoms with Gasteiger partial charge in [0.2, 0.25) is 0 Å². The molecule has 1 fully saturated rings. The smallest absolute Gasteiger partial charge is 0.339 e. The number of carbonyl (C=O) groups is 1. The second-order valence-corrected chi connectivity index (χ2v) is 5.94. The monoisotopic (exact) mass is 281 g/mol. The van der Waals surface area contributed by atoms with Gasteiger partial charge in [-0.15, -0.1) is 0 Å². The first-order valence-corrected chi connectivity index (χ1v) is 7.11. The standard InChI is InChI=1S/C15H20ClNO2/c1-9-3-5-12(7-10(9)2)19-15(18)13-6-4-11(17)8-14(13)16/h4,6,8-10,12H,3,5,7,17H2,1-2H3. The Balaban J connectivity index is 2.01. The van der Waals surface area contributed by atoms with E-state index in [0.717, 1.165) is 19.3 Å². The largest absolute Gasteiger partial charge is 0.459 e. The molecule has 0 amide bonds. The average Bonchev–Trinajstić information content (AvgIpc) is 2.33. The lowest BCUT2D eigenvalue weighted by molar-refractivity contribution is 0.00881. The lowest BCUT2D eigenvalue weighted by Gasteiger charge is -2.31. The summed E-state index contributed by atoms with van der Waals surface area (Å²) in [5.74, 6) is 0.945. The SMILES string of the molecule is CC1CCC(OC(=O)c2ccc(N)cc2Cl)CC1C. The number of benzene rings is 1. The van der Waals surface area contributed by atoms with Crippen LogP contribution in [0.3, 0.4) is 0 Å². The number of hydrogen-bond acceptors (Lipinski definition) is 3. The summed E-state index contributed by atoms with van der Waals surface area (Å²) in [5, 5.41) is 0.349. The summed E-state index contributed by atoms with van der Waals surface area (Å²) in [4.78, 5) is 12.1. The number of hydrogen-bond donors (Lipinski definition) is 1. The predicted octanol–water partition coefficient (Wildman–Crippen LogP) is 3.90. The molecule has 2 N–H and O–H groups in total. The van der Waals surface area contributed by atoms with Gasteiger partial charge in [0.1, 0.15) is 6.10 Å². The summed E-state index contributed by atoms with van der Waals surface area (Å²) < 4.78 is 5.55. The fourth-order valence-electron chi connectivity index (χ4n) is 2.52. The van der Waals surface area contributed by atoms with Gasteiger partial charge < -0.3 is 10.5 Å². The van der Waals surface area contributed by atoms with E-state index in [1.165, 1.54) is 0 Å². The maximum absolute atomic E-state index is 12.1. The molecule has 0 aliphatic heterocycles. The van der Waals surface area contributed by atoms with Crippen LogP contribution in [0.5, 0.6) is 0 Å². The van der Waals surface area contributed by atoms with Crippen molar-refractivity contribution in [3.63, 3.8) is 0 Å². The lowest BCUT2D eigenvalue weighted by Crippen LogP contribution is -2.28. The maximum Gasteiger partial charge on any atom is 0.339 e. The molecule has 19 heavy (non-hydrogen) atoms. The predicted molar refractivity (Wildman–Crippen MR) is 77.2 cm³/mol. The number of ether oxygens (including phenoxy) is 1. The van der Waals surface area contributed by atoms with Crippen molar-refractivity contribution in [2.75, 3.05) is 5.73 Å². The van der Waals surface area contributed by atoms with Crippen LogP contribution >= 0.6 is 11.6 Å². The van der Waals surface area contributed by atoms with Crippen molar-refractivity contribution in [1.82, 2.24) is 0 Å². The number of nitrogens with two attached hydrogens (primary N) is 1. The second-order valence-electron chi connectivity index (χ2n) is 5.53. The Morgan fingerprint density at radius 2 is 2.05 bits per heavy atom. The molecule has 1 aromatic rings. The van der Waals surface area contributed by atoms with Gasteiger partial charge in [-0.1, -0.05) is 25.4 Å². The molecule has 1 aromatic carbocycles. The van der Waals surface area contributed by atoms with Crippen molar-refractivity contribution in [2.24, 2.45) is 11.8 Å². The van der Waals surface area contributed by atoms with Crippen molar-refractivity contribution in [2.45, 2.75) is 39.2 Å². The molecule has 104 valence electrons. The molecule has 0 heterocycles. The van der Waals surface area contributed by atoms with Crippen molar-refractivity contribution < 1.29 is 9.53 Å². The van der Waals surface area contributed by atoms with Gasteiger partial charge in [-0.2, -0.15) is 0 Å². The quantitative estimate of drug-likeness (QED) is 0.661.